The molecular formula is C35H27N7O3. The average Bonchev–Trinajstić information content (AvgIpc) is 3.45. The molecule has 2 N–H and O–H groups in total. The molecular weight excluding hydrogens is 566 g/mol. The molecule has 3 aromatic carbocycles. The van der Waals surface area contributed by atoms with Gasteiger partial charge in [0.1, 0.15) is 6.54 Å². The normalized spacial score (nSPS) is 14.0. The molecule has 0 saturated heterocycles. The summed E-state index contributed by atoms with van der Waals surface area (Å²) in [5.74, 6) is -0.232. The standard InChI is InChI=1S/C35H27N7O3/c43-31(20-41-21-36-27-10-5-4-9-25(27)33(41)44)38-35(17-6-18-35)24-13-11-23(12-14-24)32-26(22-7-2-1-3-8-22)19-29-28(37-32)15-16-30-39-40-34(45)42(29)30/h1-5,7-16,19,21H,6,17-18,20H2,(H,38,43)(H,40,45). The second-order valence-corrected chi connectivity index (χ2v) is 11.4. The molecule has 220 valence electrons. The van der Waals surface area contributed by atoms with Crippen molar-refractivity contribution < 1.29 is 9.90 Å². The second-order valence-electron chi connectivity index (χ2n) is 11.4. The zero-order valence-electron chi connectivity index (χ0n) is 24.1. The molecule has 8 rings (SSSR count). The van der Waals surface area contributed by atoms with Crippen LogP contribution >= 0.6 is 0 Å². The second kappa shape index (κ2) is 10.4. The fourth-order valence-electron chi connectivity index (χ4n) is 6.30. The van der Waals surface area contributed by atoms with Crippen LogP contribution in [0.2, 0.25) is 0 Å². The number of nitrogens with one attached hydrogen (secondary N) is 1. The van der Waals surface area contributed by atoms with Gasteiger partial charge in [0.2, 0.25) is 5.91 Å². The van der Waals surface area contributed by atoms with Gasteiger partial charge in [-0.2, -0.15) is 0 Å². The number of aromatic nitrogens is 6. The van der Waals surface area contributed by atoms with E-state index in [9.17, 15) is 14.7 Å². The fourth-order valence-corrected chi connectivity index (χ4v) is 6.30. The molecule has 45 heavy (non-hydrogen) atoms. The Kier molecular flexibility index (Phi) is 6.16. The van der Waals surface area contributed by atoms with E-state index in [1.165, 1.54) is 10.9 Å². The highest BCUT2D eigenvalue weighted by Crippen LogP contribution is 2.42. The number of pyridine rings is 2. The van der Waals surface area contributed by atoms with Gasteiger partial charge in [-0.05, 0) is 60.7 Å². The van der Waals surface area contributed by atoms with Crippen molar-refractivity contribution in [3.05, 3.63) is 119 Å². The Hall–Kier alpha value is -5.90. The lowest BCUT2D eigenvalue weighted by molar-refractivity contribution is -0.125. The van der Waals surface area contributed by atoms with Gasteiger partial charge < -0.3 is 10.4 Å². The number of aromatic hydroxyl groups is 1. The Labute approximate surface area is 256 Å². The summed E-state index contributed by atoms with van der Waals surface area (Å²) in [5, 5.41) is 22.0. The summed E-state index contributed by atoms with van der Waals surface area (Å²) in [6.07, 6.45) is 4.05. The lowest BCUT2D eigenvalue weighted by Crippen LogP contribution is -2.52. The van der Waals surface area contributed by atoms with Crippen LogP contribution in [0, 0.1) is 0 Å². The zero-order valence-corrected chi connectivity index (χ0v) is 24.1. The highest BCUT2D eigenvalue weighted by atomic mass is 16.3. The maximum Gasteiger partial charge on any atom is 0.319 e. The SMILES string of the molecule is O=C(Cn1cnc2ccccc2c1=O)NC1(c2ccc(-c3nc4ccc5nnc(O)n5c4cc3-c3ccccc3)cc2)CCC1. The van der Waals surface area contributed by atoms with Crippen LogP contribution in [0.15, 0.2) is 108 Å². The first kappa shape index (κ1) is 26.7. The topological polar surface area (TPSA) is 127 Å². The van der Waals surface area contributed by atoms with Crippen LogP contribution in [0.5, 0.6) is 6.01 Å². The van der Waals surface area contributed by atoms with Gasteiger partial charge in [-0.3, -0.25) is 14.2 Å². The molecule has 0 bridgehead atoms. The van der Waals surface area contributed by atoms with E-state index in [1.54, 1.807) is 28.7 Å². The van der Waals surface area contributed by atoms with Gasteiger partial charge in [-0.1, -0.05) is 71.8 Å². The molecule has 0 unspecified atom stereocenters. The highest BCUT2D eigenvalue weighted by molar-refractivity contribution is 5.91. The van der Waals surface area contributed by atoms with Crippen molar-refractivity contribution in [3.8, 4) is 28.4 Å². The summed E-state index contributed by atoms with van der Waals surface area (Å²) in [7, 11) is 0. The molecule has 4 heterocycles. The first-order valence-corrected chi connectivity index (χ1v) is 14.8. The lowest BCUT2D eigenvalue weighted by Gasteiger charge is -2.43. The first-order valence-electron chi connectivity index (χ1n) is 14.8. The third-order valence-corrected chi connectivity index (χ3v) is 8.76. The highest BCUT2D eigenvalue weighted by Gasteiger charge is 2.40. The number of amides is 1. The predicted octanol–water partition coefficient (Wildman–Crippen LogP) is 5.22. The van der Waals surface area contributed by atoms with Crippen LogP contribution in [0.1, 0.15) is 24.8 Å². The van der Waals surface area contributed by atoms with Crippen LogP contribution < -0.4 is 10.9 Å². The van der Waals surface area contributed by atoms with Gasteiger partial charge in [0.15, 0.2) is 5.65 Å². The van der Waals surface area contributed by atoms with E-state index in [1.807, 2.05) is 72.8 Å². The number of benzene rings is 3. The van der Waals surface area contributed by atoms with E-state index in [0.717, 1.165) is 47.2 Å². The quantitative estimate of drug-likeness (QED) is 0.271. The van der Waals surface area contributed by atoms with E-state index in [2.05, 4.69) is 20.5 Å². The van der Waals surface area contributed by atoms with Gasteiger partial charge in [0.25, 0.3) is 5.56 Å². The van der Waals surface area contributed by atoms with Gasteiger partial charge in [-0.25, -0.2) is 14.4 Å². The molecule has 1 aliphatic carbocycles. The van der Waals surface area contributed by atoms with E-state index < -0.39 is 5.54 Å². The predicted molar refractivity (Wildman–Crippen MR) is 170 cm³/mol. The Morgan fingerprint density at radius 3 is 2.42 bits per heavy atom. The van der Waals surface area contributed by atoms with Crippen molar-refractivity contribution in [2.24, 2.45) is 0 Å². The van der Waals surface area contributed by atoms with Crippen LogP contribution in [0.25, 0.3) is 50.0 Å². The Morgan fingerprint density at radius 1 is 0.867 bits per heavy atom. The molecule has 7 aromatic rings. The van der Waals surface area contributed by atoms with Crippen molar-refractivity contribution in [2.75, 3.05) is 0 Å². The average molecular weight is 594 g/mol. The largest absolute Gasteiger partial charge is 0.479 e. The molecule has 1 saturated carbocycles. The zero-order chi connectivity index (χ0) is 30.5. The van der Waals surface area contributed by atoms with E-state index in [-0.39, 0.29) is 24.0 Å². The number of hydrogen-bond acceptors (Lipinski definition) is 7. The number of carbonyl (C=O) groups excluding carboxylic acids is 1. The minimum absolute atomic E-state index is 0.104. The van der Waals surface area contributed by atoms with Crippen molar-refractivity contribution in [1.29, 1.82) is 0 Å². The minimum Gasteiger partial charge on any atom is -0.479 e. The third kappa shape index (κ3) is 4.50. The summed E-state index contributed by atoms with van der Waals surface area (Å²) < 4.78 is 2.95. The van der Waals surface area contributed by atoms with Gasteiger partial charge in [0, 0.05) is 11.1 Å². The lowest BCUT2D eigenvalue weighted by atomic mass is 9.71. The van der Waals surface area contributed by atoms with E-state index in [4.69, 9.17) is 4.98 Å². The molecule has 0 atom stereocenters. The summed E-state index contributed by atoms with van der Waals surface area (Å²) >= 11 is 0. The molecule has 4 aromatic heterocycles. The summed E-state index contributed by atoms with van der Waals surface area (Å²) in [4.78, 5) is 35.6. The maximum absolute atomic E-state index is 13.3. The van der Waals surface area contributed by atoms with Gasteiger partial charge in [0.05, 0.1) is 39.5 Å². The van der Waals surface area contributed by atoms with E-state index in [0.29, 0.717) is 27.6 Å². The fraction of sp³-hybridized carbons (Fsp3) is 0.143. The van der Waals surface area contributed by atoms with Crippen molar-refractivity contribution in [3.63, 3.8) is 0 Å². The Morgan fingerprint density at radius 2 is 1.64 bits per heavy atom. The van der Waals surface area contributed by atoms with Crippen LogP contribution in [-0.4, -0.2) is 40.1 Å². The molecule has 0 spiro atoms. The summed E-state index contributed by atoms with van der Waals surface area (Å²) in [6, 6.07) is 30.8. The molecule has 0 aliphatic heterocycles. The number of rotatable bonds is 6. The Balaban J connectivity index is 1.13. The summed E-state index contributed by atoms with van der Waals surface area (Å²) in [5.41, 5.74) is 6.40. The molecule has 1 amide bonds. The van der Waals surface area contributed by atoms with Crippen molar-refractivity contribution in [2.45, 2.75) is 31.3 Å². The minimum atomic E-state index is -0.500. The van der Waals surface area contributed by atoms with Gasteiger partial charge >= 0.3 is 6.01 Å². The number of nitrogens with zero attached hydrogens (tertiary/aromatic N) is 6. The maximum atomic E-state index is 13.3. The Bertz CT molecular complexity index is 2310. The first-order chi connectivity index (χ1) is 22.0. The van der Waals surface area contributed by atoms with Gasteiger partial charge in [-0.15, -0.1) is 5.10 Å². The molecule has 1 aliphatic rings. The van der Waals surface area contributed by atoms with Crippen molar-refractivity contribution >= 4 is 33.5 Å². The van der Waals surface area contributed by atoms with Crippen LogP contribution in [0.4, 0.5) is 0 Å². The van der Waals surface area contributed by atoms with E-state index >= 15 is 0 Å². The van der Waals surface area contributed by atoms with Crippen LogP contribution in [0.3, 0.4) is 0 Å². The number of fused-ring (bicyclic) bond motifs is 4. The monoisotopic (exact) mass is 593 g/mol. The summed E-state index contributed by atoms with van der Waals surface area (Å²) in [6.45, 7) is -0.104. The molecule has 10 nitrogen and oxygen atoms in total. The third-order valence-electron chi connectivity index (χ3n) is 8.76. The number of para-hydroxylation sites is 1. The molecule has 0 radical (unpaired) electrons. The smallest absolute Gasteiger partial charge is 0.319 e. The van der Waals surface area contributed by atoms with Crippen molar-refractivity contribution in [1.82, 2.24) is 34.4 Å². The number of carbonyl (C=O) groups is 1. The van der Waals surface area contributed by atoms with Crippen LogP contribution in [-0.2, 0) is 16.9 Å². The molecule has 1 fully saturated rings. The molecule has 10 heteroatoms. The number of hydrogen-bond donors (Lipinski definition) is 2.